The van der Waals surface area contributed by atoms with E-state index in [-0.39, 0.29) is 18.2 Å². The average Bonchev–Trinajstić information content (AvgIpc) is 3.40. The molecule has 0 spiro atoms. The smallest absolute Gasteiger partial charge is 0.325 e. The van der Waals surface area contributed by atoms with Crippen LogP contribution < -0.4 is 10.6 Å². The molecule has 0 unspecified atom stereocenters. The molecule has 0 saturated carbocycles. The van der Waals surface area contributed by atoms with Crippen LogP contribution in [0.2, 0.25) is 0 Å². The van der Waals surface area contributed by atoms with Crippen molar-refractivity contribution in [1.29, 1.82) is 0 Å². The number of fused-ring (bicyclic) bond motifs is 1. The van der Waals surface area contributed by atoms with E-state index in [2.05, 4.69) is 10.6 Å². The fourth-order valence-corrected chi connectivity index (χ4v) is 4.17. The van der Waals surface area contributed by atoms with Gasteiger partial charge in [-0.25, -0.2) is 4.79 Å². The predicted octanol–water partition coefficient (Wildman–Crippen LogP) is 2.78. The Balaban J connectivity index is 1.51. The average molecular weight is 425 g/mol. The molecule has 1 aliphatic heterocycles. The summed E-state index contributed by atoms with van der Waals surface area (Å²) in [5, 5.41) is 6.13. The molecule has 4 rings (SSSR count). The van der Waals surface area contributed by atoms with Crippen LogP contribution in [-0.4, -0.2) is 35.1 Å². The van der Waals surface area contributed by atoms with Crippen molar-refractivity contribution in [3.63, 3.8) is 0 Å². The van der Waals surface area contributed by atoms with E-state index in [1.807, 2.05) is 18.2 Å². The van der Waals surface area contributed by atoms with E-state index >= 15 is 0 Å². The third-order valence-electron chi connectivity index (χ3n) is 4.94. The summed E-state index contributed by atoms with van der Waals surface area (Å²) in [7, 11) is 0. The highest BCUT2D eigenvalue weighted by atomic mass is 32.1. The number of carbonyl (C=O) groups excluding carboxylic acids is 4. The van der Waals surface area contributed by atoms with Crippen molar-refractivity contribution in [2.45, 2.75) is 25.9 Å². The minimum Gasteiger partial charge on any atom is -0.458 e. The maximum atomic E-state index is 13.1. The number of nitrogens with zero attached hydrogens (tertiary/aromatic N) is 1. The Bertz CT molecular complexity index is 1150. The van der Waals surface area contributed by atoms with E-state index in [1.54, 1.807) is 31.2 Å². The highest BCUT2D eigenvalue weighted by Crippen LogP contribution is 2.33. The standard InChI is InChI=1S/C21H19N3O5S/c1-12(25)22-10-14-7-8-17(30-14)15(26)11-24-19(27)21(2,23-20(24)28)18-9-13-5-3-4-6-16(13)29-18/h3-9H,10-11H2,1-2H3,(H,22,25)(H,23,28)/t21-/m1/s1. The molecule has 9 heteroatoms. The number of imide groups is 1. The summed E-state index contributed by atoms with van der Waals surface area (Å²) < 4.78 is 5.78. The molecule has 1 aliphatic rings. The number of hydrogen-bond acceptors (Lipinski definition) is 6. The van der Waals surface area contributed by atoms with E-state index in [0.717, 1.165) is 15.2 Å². The molecule has 0 aliphatic carbocycles. The first-order valence-electron chi connectivity index (χ1n) is 9.27. The molecule has 2 aromatic heterocycles. The lowest BCUT2D eigenvalue weighted by atomic mass is 9.99. The Morgan fingerprint density at radius 1 is 1.20 bits per heavy atom. The number of Topliss-reactive ketones (excluding diaryl/α,β-unsaturated/α-hetero) is 1. The first-order chi connectivity index (χ1) is 14.3. The lowest BCUT2D eigenvalue weighted by molar-refractivity contribution is -0.131. The van der Waals surface area contributed by atoms with E-state index in [9.17, 15) is 19.2 Å². The van der Waals surface area contributed by atoms with Crippen LogP contribution in [0.3, 0.4) is 0 Å². The van der Waals surface area contributed by atoms with Gasteiger partial charge < -0.3 is 15.1 Å². The third kappa shape index (κ3) is 3.48. The van der Waals surface area contributed by atoms with Gasteiger partial charge in [0.2, 0.25) is 5.91 Å². The van der Waals surface area contributed by atoms with Gasteiger partial charge in [0, 0.05) is 17.2 Å². The number of amides is 4. The fraction of sp³-hybridized carbons (Fsp3) is 0.238. The maximum absolute atomic E-state index is 13.1. The van der Waals surface area contributed by atoms with Crippen molar-refractivity contribution in [3.8, 4) is 0 Å². The van der Waals surface area contributed by atoms with Gasteiger partial charge in [0.05, 0.1) is 18.0 Å². The number of carbonyl (C=O) groups is 4. The van der Waals surface area contributed by atoms with E-state index < -0.39 is 17.5 Å². The number of thiophene rings is 1. The van der Waals surface area contributed by atoms with Crippen LogP contribution in [-0.2, 0) is 21.7 Å². The molecular weight excluding hydrogens is 406 g/mol. The summed E-state index contributed by atoms with van der Waals surface area (Å²) in [5.74, 6) is -0.757. The van der Waals surface area contributed by atoms with Gasteiger partial charge in [0.15, 0.2) is 11.3 Å². The monoisotopic (exact) mass is 425 g/mol. The number of hydrogen-bond donors (Lipinski definition) is 2. The van der Waals surface area contributed by atoms with Gasteiger partial charge in [-0.1, -0.05) is 18.2 Å². The van der Waals surface area contributed by atoms with Crippen molar-refractivity contribution >= 4 is 45.9 Å². The number of ketones is 1. The minimum atomic E-state index is -1.39. The van der Waals surface area contributed by atoms with Crippen molar-refractivity contribution in [2.24, 2.45) is 0 Å². The molecule has 1 fully saturated rings. The largest absolute Gasteiger partial charge is 0.458 e. The van der Waals surface area contributed by atoms with Gasteiger partial charge in [0.1, 0.15) is 11.3 Å². The van der Waals surface area contributed by atoms with Gasteiger partial charge in [-0.3, -0.25) is 19.3 Å². The van der Waals surface area contributed by atoms with Crippen LogP contribution >= 0.6 is 11.3 Å². The molecular formula is C21H19N3O5S. The predicted molar refractivity (Wildman–Crippen MR) is 110 cm³/mol. The molecule has 0 radical (unpaired) electrons. The van der Waals surface area contributed by atoms with E-state index in [4.69, 9.17) is 4.42 Å². The second-order valence-corrected chi connectivity index (χ2v) is 8.36. The Hall–Kier alpha value is -3.46. The quantitative estimate of drug-likeness (QED) is 0.466. The summed E-state index contributed by atoms with van der Waals surface area (Å²) in [4.78, 5) is 51.3. The summed E-state index contributed by atoms with van der Waals surface area (Å²) in [6.07, 6.45) is 0. The fourth-order valence-electron chi connectivity index (χ4n) is 3.29. The molecule has 30 heavy (non-hydrogen) atoms. The van der Waals surface area contributed by atoms with Gasteiger partial charge in [0.25, 0.3) is 5.91 Å². The highest BCUT2D eigenvalue weighted by Gasteiger charge is 2.51. The second kappa shape index (κ2) is 7.42. The van der Waals surface area contributed by atoms with Crippen LogP contribution in [0.25, 0.3) is 11.0 Å². The number of para-hydroxylation sites is 1. The lowest BCUT2D eigenvalue weighted by Crippen LogP contribution is -2.41. The highest BCUT2D eigenvalue weighted by molar-refractivity contribution is 7.14. The number of furan rings is 1. The van der Waals surface area contributed by atoms with Gasteiger partial charge in [-0.2, -0.15) is 0 Å². The third-order valence-corrected chi connectivity index (χ3v) is 6.07. The summed E-state index contributed by atoms with van der Waals surface area (Å²) >= 11 is 1.22. The molecule has 154 valence electrons. The topological polar surface area (TPSA) is 109 Å². The van der Waals surface area contributed by atoms with Crippen LogP contribution in [0, 0.1) is 0 Å². The number of benzene rings is 1. The Morgan fingerprint density at radius 3 is 2.70 bits per heavy atom. The second-order valence-electron chi connectivity index (χ2n) is 7.19. The summed E-state index contributed by atoms with van der Waals surface area (Å²) in [5.41, 5.74) is -0.779. The van der Waals surface area contributed by atoms with Crippen molar-refractivity contribution in [1.82, 2.24) is 15.5 Å². The summed E-state index contributed by atoms with van der Waals surface area (Å²) in [6.45, 7) is 2.92. The van der Waals surface area contributed by atoms with Crippen LogP contribution in [0.5, 0.6) is 0 Å². The molecule has 0 bridgehead atoms. The molecule has 3 heterocycles. The first-order valence-corrected chi connectivity index (χ1v) is 10.1. The van der Waals surface area contributed by atoms with Crippen molar-refractivity contribution < 1.29 is 23.6 Å². The van der Waals surface area contributed by atoms with Crippen LogP contribution in [0.4, 0.5) is 4.79 Å². The van der Waals surface area contributed by atoms with Gasteiger partial charge in [-0.15, -0.1) is 11.3 Å². The lowest BCUT2D eigenvalue weighted by Gasteiger charge is -2.18. The Morgan fingerprint density at radius 2 is 1.97 bits per heavy atom. The summed E-state index contributed by atoms with van der Waals surface area (Å²) in [6, 6.07) is 11.7. The Kier molecular flexibility index (Phi) is 4.90. The normalized spacial score (nSPS) is 18.7. The molecule has 1 aromatic carbocycles. The SMILES string of the molecule is CC(=O)NCc1ccc(C(=O)CN2C(=O)N[C@](C)(c3cc4ccccc4o3)C2=O)s1. The molecule has 1 atom stereocenters. The van der Waals surface area contributed by atoms with Gasteiger partial charge in [-0.05, 0) is 31.2 Å². The van der Waals surface area contributed by atoms with E-state index in [1.165, 1.54) is 18.3 Å². The van der Waals surface area contributed by atoms with Crippen LogP contribution in [0.1, 0.15) is 34.2 Å². The molecule has 4 amide bonds. The first kappa shape index (κ1) is 19.8. The van der Waals surface area contributed by atoms with Crippen molar-refractivity contribution in [2.75, 3.05) is 6.54 Å². The zero-order chi connectivity index (χ0) is 21.5. The van der Waals surface area contributed by atoms with Gasteiger partial charge >= 0.3 is 6.03 Å². The number of urea groups is 1. The zero-order valence-electron chi connectivity index (χ0n) is 16.4. The zero-order valence-corrected chi connectivity index (χ0v) is 17.2. The van der Waals surface area contributed by atoms with E-state index in [0.29, 0.717) is 22.8 Å². The molecule has 2 N–H and O–H groups in total. The Labute approximate surface area is 175 Å². The molecule has 1 saturated heterocycles. The van der Waals surface area contributed by atoms with Crippen molar-refractivity contribution in [3.05, 3.63) is 58.0 Å². The maximum Gasteiger partial charge on any atom is 0.325 e. The molecule has 3 aromatic rings. The van der Waals surface area contributed by atoms with Crippen LogP contribution in [0.15, 0.2) is 46.9 Å². The minimum absolute atomic E-state index is 0.166. The molecule has 8 nitrogen and oxygen atoms in total. The number of rotatable bonds is 6. The number of nitrogens with one attached hydrogen (secondary N) is 2.